The van der Waals surface area contributed by atoms with Crippen molar-refractivity contribution in [2.45, 2.75) is 26.7 Å². The van der Waals surface area contributed by atoms with E-state index >= 15 is 0 Å². The maximum absolute atomic E-state index is 5.36. The highest BCUT2D eigenvalue weighted by Crippen LogP contribution is 2.35. The quantitative estimate of drug-likeness (QED) is 0.592. The molecule has 0 radical (unpaired) electrons. The van der Waals surface area contributed by atoms with E-state index in [2.05, 4.69) is 31.5 Å². The maximum atomic E-state index is 5.36. The van der Waals surface area contributed by atoms with Crippen LogP contribution < -0.4 is 0 Å². The van der Waals surface area contributed by atoms with Crippen molar-refractivity contribution in [2.24, 2.45) is 17.8 Å². The van der Waals surface area contributed by atoms with Crippen molar-refractivity contribution in [3.05, 3.63) is 0 Å². The minimum atomic E-state index is 0.786. The van der Waals surface area contributed by atoms with Gasteiger partial charge in [-0.2, -0.15) is 11.8 Å². The molecule has 0 saturated carbocycles. The minimum absolute atomic E-state index is 0.786. The molecule has 0 N–H and O–H groups in total. The van der Waals surface area contributed by atoms with Gasteiger partial charge in [-0.1, -0.05) is 13.8 Å². The standard InChI is InChI=1S/C11H18S/c1-4-5-10-8-12-7-6-11(10)9(2)3/h1,9-11H,5-8H2,2-3H3. The number of hydrogen-bond donors (Lipinski definition) is 0. The summed E-state index contributed by atoms with van der Waals surface area (Å²) in [5.74, 6) is 7.90. The fourth-order valence-corrected chi connectivity index (χ4v) is 3.33. The molecular weight excluding hydrogens is 164 g/mol. The Kier molecular flexibility index (Phi) is 4.01. The number of thioether (sulfide) groups is 1. The molecular formula is C11H18S. The van der Waals surface area contributed by atoms with Crippen LogP contribution in [0.25, 0.3) is 0 Å². The lowest BCUT2D eigenvalue weighted by Crippen LogP contribution is -2.26. The summed E-state index contributed by atoms with van der Waals surface area (Å²) >= 11 is 2.07. The average Bonchev–Trinajstić information content (AvgIpc) is 2.05. The van der Waals surface area contributed by atoms with Crippen LogP contribution in [0.3, 0.4) is 0 Å². The zero-order chi connectivity index (χ0) is 8.97. The molecule has 0 aliphatic carbocycles. The molecule has 0 aromatic rings. The van der Waals surface area contributed by atoms with Gasteiger partial charge in [0.15, 0.2) is 0 Å². The molecule has 12 heavy (non-hydrogen) atoms. The molecule has 0 amide bonds. The fourth-order valence-electron chi connectivity index (χ4n) is 2.05. The van der Waals surface area contributed by atoms with Crippen molar-refractivity contribution in [2.75, 3.05) is 11.5 Å². The number of hydrogen-bond acceptors (Lipinski definition) is 1. The van der Waals surface area contributed by atoms with Gasteiger partial charge in [-0.25, -0.2) is 0 Å². The van der Waals surface area contributed by atoms with E-state index in [0.717, 1.165) is 24.2 Å². The summed E-state index contributed by atoms with van der Waals surface area (Å²) in [5.41, 5.74) is 0. The summed E-state index contributed by atoms with van der Waals surface area (Å²) in [4.78, 5) is 0. The van der Waals surface area contributed by atoms with Crippen LogP contribution in [-0.2, 0) is 0 Å². The SMILES string of the molecule is C#CCC1CSCCC1C(C)C. The van der Waals surface area contributed by atoms with E-state index in [4.69, 9.17) is 6.42 Å². The molecule has 1 aliphatic heterocycles. The first-order valence-corrected chi connectivity index (χ1v) is 5.92. The summed E-state index contributed by atoms with van der Waals surface area (Å²) < 4.78 is 0. The van der Waals surface area contributed by atoms with Crippen molar-refractivity contribution < 1.29 is 0 Å². The van der Waals surface area contributed by atoms with Gasteiger partial charge in [0, 0.05) is 6.42 Å². The number of rotatable bonds is 2. The lowest BCUT2D eigenvalue weighted by atomic mass is 9.80. The van der Waals surface area contributed by atoms with Crippen LogP contribution in [0, 0.1) is 30.1 Å². The van der Waals surface area contributed by atoms with Crippen LogP contribution in [0.1, 0.15) is 26.7 Å². The van der Waals surface area contributed by atoms with Crippen molar-refractivity contribution in [3.63, 3.8) is 0 Å². The highest BCUT2D eigenvalue weighted by Gasteiger charge is 2.26. The first kappa shape index (κ1) is 9.99. The normalized spacial score (nSPS) is 30.2. The smallest absolute Gasteiger partial charge is 0.0125 e. The van der Waals surface area contributed by atoms with Crippen molar-refractivity contribution in [1.82, 2.24) is 0 Å². The third kappa shape index (κ3) is 2.45. The second-order valence-corrected chi connectivity index (χ2v) is 5.09. The Bertz CT molecular complexity index is 166. The Balaban J connectivity index is 2.49. The van der Waals surface area contributed by atoms with Crippen LogP contribution in [0.5, 0.6) is 0 Å². The van der Waals surface area contributed by atoms with Crippen LogP contribution >= 0.6 is 11.8 Å². The topological polar surface area (TPSA) is 0 Å². The first-order valence-electron chi connectivity index (χ1n) is 4.77. The van der Waals surface area contributed by atoms with E-state index < -0.39 is 0 Å². The summed E-state index contributed by atoms with van der Waals surface area (Å²) in [5, 5.41) is 0. The summed E-state index contributed by atoms with van der Waals surface area (Å²) in [7, 11) is 0. The zero-order valence-electron chi connectivity index (χ0n) is 8.05. The van der Waals surface area contributed by atoms with Crippen LogP contribution in [-0.4, -0.2) is 11.5 Å². The molecule has 1 saturated heterocycles. The Morgan fingerprint density at radius 1 is 1.58 bits per heavy atom. The predicted octanol–water partition coefficient (Wildman–Crippen LogP) is 3.04. The Hall–Kier alpha value is -0.0900. The summed E-state index contributed by atoms with van der Waals surface area (Å²) in [6, 6.07) is 0. The zero-order valence-corrected chi connectivity index (χ0v) is 8.86. The van der Waals surface area contributed by atoms with Crippen molar-refractivity contribution in [3.8, 4) is 12.3 Å². The third-order valence-corrected chi connectivity index (χ3v) is 3.96. The Morgan fingerprint density at radius 3 is 2.92 bits per heavy atom. The minimum Gasteiger partial charge on any atom is -0.162 e. The largest absolute Gasteiger partial charge is 0.162 e. The van der Waals surface area contributed by atoms with E-state index in [1.54, 1.807) is 0 Å². The molecule has 1 aliphatic rings. The molecule has 0 spiro atoms. The van der Waals surface area contributed by atoms with Gasteiger partial charge >= 0.3 is 0 Å². The lowest BCUT2D eigenvalue weighted by Gasteiger charge is -2.32. The highest BCUT2D eigenvalue weighted by molar-refractivity contribution is 7.99. The van der Waals surface area contributed by atoms with E-state index in [1.807, 2.05) is 0 Å². The second-order valence-electron chi connectivity index (χ2n) is 3.94. The average molecular weight is 182 g/mol. The van der Waals surface area contributed by atoms with Gasteiger partial charge in [0.05, 0.1) is 0 Å². The molecule has 1 rings (SSSR count). The van der Waals surface area contributed by atoms with E-state index in [0.29, 0.717) is 0 Å². The molecule has 1 heterocycles. The lowest BCUT2D eigenvalue weighted by molar-refractivity contribution is 0.265. The molecule has 2 unspecified atom stereocenters. The summed E-state index contributed by atoms with van der Waals surface area (Å²) in [6.45, 7) is 4.65. The second kappa shape index (κ2) is 4.82. The summed E-state index contributed by atoms with van der Waals surface area (Å²) in [6.07, 6.45) is 7.71. The van der Waals surface area contributed by atoms with E-state index in [9.17, 15) is 0 Å². The van der Waals surface area contributed by atoms with Crippen molar-refractivity contribution >= 4 is 11.8 Å². The molecule has 0 nitrogen and oxygen atoms in total. The van der Waals surface area contributed by atoms with Gasteiger partial charge in [0.1, 0.15) is 0 Å². The van der Waals surface area contributed by atoms with Crippen LogP contribution in [0.15, 0.2) is 0 Å². The highest BCUT2D eigenvalue weighted by atomic mass is 32.2. The molecule has 2 atom stereocenters. The van der Waals surface area contributed by atoms with E-state index in [-0.39, 0.29) is 0 Å². The Morgan fingerprint density at radius 2 is 2.33 bits per heavy atom. The Labute approximate surface area is 80.5 Å². The molecule has 0 aromatic carbocycles. The van der Waals surface area contributed by atoms with Crippen molar-refractivity contribution in [1.29, 1.82) is 0 Å². The van der Waals surface area contributed by atoms with Gasteiger partial charge in [0.25, 0.3) is 0 Å². The maximum Gasteiger partial charge on any atom is 0.0125 e. The third-order valence-electron chi connectivity index (χ3n) is 2.77. The number of terminal acetylenes is 1. The first-order chi connectivity index (χ1) is 5.75. The molecule has 0 aromatic heterocycles. The van der Waals surface area contributed by atoms with Crippen LogP contribution in [0.2, 0.25) is 0 Å². The molecule has 1 fully saturated rings. The van der Waals surface area contributed by atoms with Gasteiger partial charge in [-0.05, 0) is 35.7 Å². The molecule has 1 heteroatoms. The van der Waals surface area contributed by atoms with Gasteiger partial charge in [-0.3, -0.25) is 0 Å². The monoisotopic (exact) mass is 182 g/mol. The van der Waals surface area contributed by atoms with Gasteiger partial charge < -0.3 is 0 Å². The van der Waals surface area contributed by atoms with Gasteiger partial charge in [0.2, 0.25) is 0 Å². The van der Waals surface area contributed by atoms with Gasteiger partial charge in [-0.15, -0.1) is 12.3 Å². The van der Waals surface area contributed by atoms with Crippen LogP contribution in [0.4, 0.5) is 0 Å². The predicted molar refractivity (Wildman–Crippen MR) is 57.2 cm³/mol. The van der Waals surface area contributed by atoms with E-state index in [1.165, 1.54) is 17.9 Å². The fraction of sp³-hybridized carbons (Fsp3) is 0.818. The molecule has 0 bridgehead atoms. The molecule has 68 valence electrons.